The first-order chi connectivity index (χ1) is 10.0. The monoisotopic (exact) mass is 294 g/mol. The van der Waals surface area contributed by atoms with Crippen molar-refractivity contribution in [2.24, 2.45) is 5.92 Å². The van der Waals surface area contributed by atoms with Gasteiger partial charge >= 0.3 is 0 Å². The molecule has 2 heterocycles. The molecular weight excluding hydrogens is 264 g/mol. The zero-order valence-electron chi connectivity index (χ0n) is 13.9. The van der Waals surface area contributed by atoms with Crippen molar-refractivity contribution in [3.05, 3.63) is 17.5 Å². The van der Waals surface area contributed by atoms with Crippen molar-refractivity contribution < 1.29 is 4.52 Å². The Bertz CT molecular complexity index is 408. The summed E-state index contributed by atoms with van der Waals surface area (Å²) in [6.07, 6.45) is 0. The first-order valence-corrected chi connectivity index (χ1v) is 8.16. The van der Waals surface area contributed by atoms with Crippen LogP contribution in [0.1, 0.15) is 39.1 Å². The van der Waals surface area contributed by atoms with Crippen LogP contribution in [0.2, 0.25) is 0 Å². The lowest BCUT2D eigenvalue weighted by Gasteiger charge is -2.36. The molecule has 0 aromatic carbocycles. The highest BCUT2D eigenvalue weighted by Crippen LogP contribution is 2.11. The highest BCUT2D eigenvalue weighted by atomic mass is 16.5. The summed E-state index contributed by atoms with van der Waals surface area (Å²) in [6, 6.07) is 2.73. The van der Waals surface area contributed by atoms with Crippen molar-refractivity contribution in [3.8, 4) is 0 Å². The van der Waals surface area contributed by atoms with Gasteiger partial charge in [0, 0.05) is 44.8 Å². The molecule has 5 heteroatoms. The third-order valence-corrected chi connectivity index (χ3v) is 3.98. The van der Waals surface area contributed by atoms with Crippen LogP contribution >= 0.6 is 0 Å². The third kappa shape index (κ3) is 5.41. The van der Waals surface area contributed by atoms with Crippen molar-refractivity contribution in [2.75, 3.05) is 32.7 Å². The molecule has 0 aliphatic carbocycles. The van der Waals surface area contributed by atoms with Crippen LogP contribution in [-0.2, 0) is 13.1 Å². The Hall–Kier alpha value is -0.910. The Kier molecular flexibility index (Phi) is 6.21. The Balaban J connectivity index is 1.73. The zero-order chi connectivity index (χ0) is 15.2. The average molecular weight is 294 g/mol. The molecule has 1 saturated heterocycles. The molecule has 21 heavy (non-hydrogen) atoms. The first-order valence-electron chi connectivity index (χ1n) is 8.16. The van der Waals surface area contributed by atoms with Gasteiger partial charge in [0.15, 0.2) is 5.76 Å². The van der Waals surface area contributed by atoms with E-state index in [1.807, 2.05) is 0 Å². The van der Waals surface area contributed by atoms with E-state index in [9.17, 15) is 0 Å². The summed E-state index contributed by atoms with van der Waals surface area (Å²) < 4.78 is 5.45. The predicted molar refractivity (Wildman–Crippen MR) is 85.0 cm³/mol. The first kappa shape index (κ1) is 16.5. The summed E-state index contributed by atoms with van der Waals surface area (Å²) >= 11 is 0. The molecule has 0 spiro atoms. The SMILES string of the molecule is CC(C)CNCc1cc(CN2CCN(C(C)C)CC2)on1. The molecule has 1 fully saturated rings. The molecule has 1 aromatic heterocycles. The lowest BCUT2D eigenvalue weighted by molar-refractivity contribution is 0.0973. The lowest BCUT2D eigenvalue weighted by atomic mass is 10.2. The summed E-state index contributed by atoms with van der Waals surface area (Å²) in [5.41, 5.74) is 1.01. The van der Waals surface area contributed by atoms with Crippen molar-refractivity contribution >= 4 is 0 Å². The van der Waals surface area contributed by atoms with Crippen LogP contribution < -0.4 is 5.32 Å². The largest absolute Gasteiger partial charge is 0.360 e. The van der Waals surface area contributed by atoms with Crippen molar-refractivity contribution in [1.29, 1.82) is 0 Å². The van der Waals surface area contributed by atoms with E-state index in [-0.39, 0.29) is 0 Å². The second-order valence-corrected chi connectivity index (χ2v) is 6.72. The van der Waals surface area contributed by atoms with Crippen LogP contribution in [0, 0.1) is 5.92 Å². The van der Waals surface area contributed by atoms with Gasteiger partial charge in [-0.1, -0.05) is 19.0 Å². The summed E-state index contributed by atoms with van der Waals surface area (Å²) in [5.74, 6) is 1.64. The maximum Gasteiger partial charge on any atom is 0.151 e. The van der Waals surface area contributed by atoms with Gasteiger partial charge < -0.3 is 9.84 Å². The molecule has 5 nitrogen and oxygen atoms in total. The Labute approximate surface area is 128 Å². The number of rotatable bonds is 7. The molecular formula is C16H30N4O. The molecule has 0 atom stereocenters. The minimum atomic E-state index is 0.649. The molecule has 0 radical (unpaired) electrons. The van der Waals surface area contributed by atoms with E-state index in [1.165, 1.54) is 0 Å². The van der Waals surface area contributed by atoms with E-state index in [0.717, 1.165) is 57.3 Å². The Morgan fingerprint density at radius 1 is 1.19 bits per heavy atom. The number of nitrogens with zero attached hydrogens (tertiary/aromatic N) is 3. The molecule has 0 unspecified atom stereocenters. The van der Waals surface area contributed by atoms with Crippen LogP contribution in [0.5, 0.6) is 0 Å². The number of nitrogens with one attached hydrogen (secondary N) is 1. The van der Waals surface area contributed by atoms with Gasteiger partial charge in [-0.2, -0.15) is 0 Å². The average Bonchev–Trinajstić information content (AvgIpc) is 2.86. The highest BCUT2D eigenvalue weighted by Gasteiger charge is 2.19. The Morgan fingerprint density at radius 3 is 2.52 bits per heavy atom. The summed E-state index contributed by atoms with van der Waals surface area (Å²) in [4.78, 5) is 4.98. The fourth-order valence-electron chi connectivity index (χ4n) is 2.66. The van der Waals surface area contributed by atoms with Gasteiger partial charge in [0.1, 0.15) is 0 Å². The smallest absolute Gasteiger partial charge is 0.151 e. The molecule has 0 amide bonds. The maximum atomic E-state index is 5.45. The van der Waals surface area contributed by atoms with E-state index in [0.29, 0.717) is 12.0 Å². The molecule has 1 aliphatic heterocycles. The second kappa shape index (κ2) is 7.92. The standard InChI is InChI=1S/C16H30N4O/c1-13(2)10-17-11-15-9-16(21-18-15)12-19-5-7-20(8-6-19)14(3)4/h9,13-14,17H,5-8,10-12H2,1-4H3. The maximum absolute atomic E-state index is 5.45. The van der Waals surface area contributed by atoms with Gasteiger partial charge in [0.05, 0.1) is 12.2 Å². The van der Waals surface area contributed by atoms with Gasteiger partial charge in [-0.25, -0.2) is 0 Å². The van der Waals surface area contributed by atoms with E-state index in [2.05, 4.69) is 54.0 Å². The molecule has 1 aromatic rings. The summed E-state index contributed by atoms with van der Waals surface area (Å²) in [7, 11) is 0. The van der Waals surface area contributed by atoms with Crippen LogP contribution in [0.3, 0.4) is 0 Å². The van der Waals surface area contributed by atoms with Crippen molar-refractivity contribution in [2.45, 2.75) is 46.8 Å². The highest BCUT2D eigenvalue weighted by molar-refractivity contribution is 5.05. The lowest BCUT2D eigenvalue weighted by Crippen LogP contribution is -2.48. The van der Waals surface area contributed by atoms with Crippen LogP contribution in [0.4, 0.5) is 0 Å². The molecule has 0 saturated carbocycles. The minimum Gasteiger partial charge on any atom is -0.360 e. The van der Waals surface area contributed by atoms with Gasteiger partial charge in [0.25, 0.3) is 0 Å². The number of piperazine rings is 1. The number of hydrogen-bond acceptors (Lipinski definition) is 5. The van der Waals surface area contributed by atoms with E-state index >= 15 is 0 Å². The summed E-state index contributed by atoms with van der Waals surface area (Å²) in [5, 5.41) is 7.54. The summed E-state index contributed by atoms with van der Waals surface area (Å²) in [6.45, 7) is 16.1. The molecule has 0 bridgehead atoms. The van der Waals surface area contributed by atoms with Crippen molar-refractivity contribution in [3.63, 3.8) is 0 Å². The fraction of sp³-hybridized carbons (Fsp3) is 0.812. The van der Waals surface area contributed by atoms with E-state index < -0.39 is 0 Å². The fourth-order valence-corrected chi connectivity index (χ4v) is 2.66. The van der Waals surface area contributed by atoms with Crippen LogP contribution in [0.15, 0.2) is 10.6 Å². The van der Waals surface area contributed by atoms with Crippen molar-refractivity contribution in [1.82, 2.24) is 20.3 Å². The van der Waals surface area contributed by atoms with E-state index in [1.54, 1.807) is 0 Å². The van der Waals surface area contributed by atoms with Gasteiger partial charge in [-0.15, -0.1) is 0 Å². The zero-order valence-corrected chi connectivity index (χ0v) is 13.9. The minimum absolute atomic E-state index is 0.649. The molecule has 120 valence electrons. The predicted octanol–water partition coefficient (Wildman–Crippen LogP) is 1.95. The second-order valence-electron chi connectivity index (χ2n) is 6.72. The normalized spacial score (nSPS) is 18.0. The van der Waals surface area contributed by atoms with Gasteiger partial charge in [0.2, 0.25) is 0 Å². The van der Waals surface area contributed by atoms with Gasteiger partial charge in [-0.05, 0) is 26.3 Å². The molecule has 2 rings (SSSR count). The topological polar surface area (TPSA) is 44.5 Å². The number of hydrogen-bond donors (Lipinski definition) is 1. The van der Waals surface area contributed by atoms with Crippen LogP contribution in [0.25, 0.3) is 0 Å². The van der Waals surface area contributed by atoms with Gasteiger partial charge in [-0.3, -0.25) is 9.80 Å². The molecule has 1 aliphatic rings. The quantitative estimate of drug-likeness (QED) is 0.833. The molecule has 1 N–H and O–H groups in total. The Morgan fingerprint density at radius 2 is 1.90 bits per heavy atom. The van der Waals surface area contributed by atoms with Crippen LogP contribution in [-0.4, -0.2) is 53.7 Å². The van der Waals surface area contributed by atoms with E-state index in [4.69, 9.17) is 4.52 Å². The third-order valence-electron chi connectivity index (χ3n) is 3.98. The number of aromatic nitrogens is 1.